The number of carbonyl (C=O) groups excluding carboxylic acids is 1. The third kappa shape index (κ3) is 3.05. The summed E-state index contributed by atoms with van der Waals surface area (Å²) < 4.78 is 5.25. The molecule has 2 unspecified atom stereocenters. The number of nitrogens with one attached hydrogen (secondary N) is 1. The molecule has 0 aliphatic carbocycles. The van der Waals surface area contributed by atoms with E-state index < -0.39 is 10.8 Å². The van der Waals surface area contributed by atoms with Crippen molar-refractivity contribution >= 4 is 11.6 Å². The van der Waals surface area contributed by atoms with Gasteiger partial charge in [0.05, 0.1) is 11.5 Å². The van der Waals surface area contributed by atoms with Crippen LogP contribution in [0.15, 0.2) is 18.2 Å². The summed E-state index contributed by atoms with van der Waals surface area (Å²) in [6.45, 7) is 3.08. The monoisotopic (exact) mass is 280 g/mol. The number of carbonyl (C=O) groups is 1. The normalized spacial score (nSPS) is 19.6. The van der Waals surface area contributed by atoms with Crippen LogP contribution in [-0.2, 0) is 4.74 Å². The van der Waals surface area contributed by atoms with Gasteiger partial charge in [-0.2, -0.15) is 0 Å². The van der Waals surface area contributed by atoms with Crippen LogP contribution in [0.4, 0.5) is 5.69 Å². The number of hydrogen-bond donors (Lipinski definition) is 2. The lowest BCUT2D eigenvalue weighted by Gasteiger charge is -2.19. The van der Waals surface area contributed by atoms with Gasteiger partial charge < -0.3 is 15.2 Å². The summed E-state index contributed by atoms with van der Waals surface area (Å²) in [7, 11) is 0. The van der Waals surface area contributed by atoms with E-state index in [1.807, 2.05) is 6.92 Å². The Morgan fingerprint density at radius 3 is 2.95 bits per heavy atom. The van der Waals surface area contributed by atoms with Crippen molar-refractivity contribution in [3.05, 3.63) is 33.9 Å². The Labute approximate surface area is 115 Å². The zero-order chi connectivity index (χ0) is 14.7. The third-order valence-electron chi connectivity index (χ3n) is 3.45. The molecule has 1 saturated heterocycles. The van der Waals surface area contributed by atoms with E-state index in [0.29, 0.717) is 13.2 Å². The molecule has 0 bridgehead atoms. The van der Waals surface area contributed by atoms with E-state index >= 15 is 0 Å². The molecule has 1 aliphatic rings. The van der Waals surface area contributed by atoms with Crippen molar-refractivity contribution in [3.63, 3.8) is 0 Å². The fraction of sp³-hybridized carbons (Fsp3) is 0.462. The number of amides is 1. The molecular weight excluding hydrogens is 264 g/mol. The summed E-state index contributed by atoms with van der Waals surface area (Å²) in [4.78, 5) is 22.4. The first-order valence-corrected chi connectivity index (χ1v) is 6.35. The Morgan fingerprint density at radius 1 is 1.60 bits per heavy atom. The lowest BCUT2D eigenvalue weighted by Crippen LogP contribution is -2.38. The van der Waals surface area contributed by atoms with Gasteiger partial charge in [0.25, 0.3) is 11.6 Å². The molecule has 108 valence electrons. The molecule has 0 spiro atoms. The predicted octanol–water partition coefficient (Wildman–Crippen LogP) is 1.46. The number of ether oxygens (including phenoxy) is 1. The van der Waals surface area contributed by atoms with Gasteiger partial charge in [0, 0.05) is 24.6 Å². The Morgan fingerprint density at radius 2 is 2.35 bits per heavy atom. The van der Waals surface area contributed by atoms with E-state index in [9.17, 15) is 20.0 Å². The second kappa shape index (κ2) is 5.87. The molecule has 0 aromatic heterocycles. The summed E-state index contributed by atoms with van der Waals surface area (Å²) in [5.41, 5.74) is -0.462. The molecule has 1 aromatic carbocycles. The number of nitro groups is 1. The van der Waals surface area contributed by atoms with Crippen LogP contribution in [0.5, 0.6) is 5.75 Å². The molecule has 2 rings (SSSR count). The third-order valence-corrected chi connectivity index (χ3v) is 3.45. The Kier molecular flexibility index (Phi) is 4.19. The fourth-order valence-corrected chi connectivity index (χ4v) is 2.21. The minimum atomic E-state index is -0.641. The van der Waals surface area contributed by atoms with Crippen LogP contribution in [0.3, 0.4) is 0 Å². The standard InChI is InChI=1S/C13H16N2O5/c1-8(9-4-5-20-7-9)14-13(17)11-6-10(16)2-3-12(11)15(18)19/h2-3,6,8-9,16H,4-5,7H2,1H3,(H,14,17). The van der Waals surface area contributed by atoms with E-state index in [0.717, 1.165) is 18.6 Å². The molecule has 1 aliphatic heterocycles. The van der Waals surface area contributed by atoms with Crippen molar-refractivity contribution in [2.24, 2.45) is 5.92 Å². The summed E-state index contributed by atoms with van der Waals surface area (Å²) >= 11 is 0. The lowest BCUT2D eigenvalue weighted by atomic mass is 10.00. The van der Waals surface area contributed by atoms with Gasteiger partial charge in [-0.25, -0.2) is 0 Å². The number of aromatic hydroxyl groups is 1. The summed E-state index contributed by atoms with van der Waals surface area (Å²) in [6, 6.07) is 3.26. The van der Waals surface area contributed by atoms with E-state index in [2.05, 4.69) is 5.32 Å². The fourth-order valence-electron chi connectivity index (χ4n) is 2.21. The van der Waals surface area contributed by atoms with Crippen molar-refractivity contribution in [2.45, 2.75) is 19.4 Å². The van der Waals surface area contributed by atoms with Crippen molar-refractivity contribution in [1.82, 2.24) is 5.32 Å². The SMILES string of the molecule is CC(NC(=O)c1cc(O)ccc1[N+](=O)[O-])C1CCOC1. The number of rotatable bonds is 4. The Balaban J connectivity index is 2.15. The van der Waals surface area contributed by atoms with Gasteiger partial charge in [-0.3, -0.25) is 14.9 Å². The highest BCUT2D eigenvalue weighted by Crippen LogP contribution is 2.24. The maximum atomic E-state index is 12.1. The van der Waals surface area contributed by atoms with Crippen LogP contribution < -0.4 is 5.32 Å². The van der Waals surface area contributed by atoms with E-state index in [1.54, 1.807) is 0 Å². The number of nitro benzene ring substituents is 1. The Hall–Kier alpha value is -2.15. The highest BCUT2D eigenvalue weighted by molar-refractivity contribution is 5.98. The van der Waals surface area contributed by atoms with E-state index in [4.69, 9.17) is 4.74 Å². The molecule has 7 nitrogen and oxygen atoms in total. The van der Waals surface area contributed by atoms with Crippen molar-refractivity contribution in [1.29, 1.82) is 0 Å². The van der Waals surface area contributed by atoms with E-state index in [1.165, 1.54) is 6.07 Å². The van der Waals surface area contributed by atoms with Crippen LogP contribution in [0.1, 0.15) is 23.7 Å². The molecule has 1 heterocycles. The number of benzene rings is 1. The minimum Gasteiger partial charge on any atom is -0.508 e. The molecular formula is C13H16N2O5. The van der Waals surface area contributed by atoms with Crippen LogP contribution in [0.25, 0.3) is 0 Å². The first-order chi connectivity index (χ1) is 9.49. The number of nitrogens with zero attached hydrogens (tertiary/aromatic N) is 1. The summed E-state index contributed by atoms with van der Waals surface area (Å²) in [5, 5.41) is 23.0. The average Bonchev–Trinajstić information content (AvgIpc) is 2.92. The van der Waals surface area contributed by atoms with Gasteiger partial charge >= 0.3 is 0 Å². The summed E-state index contributed by atoms with van der Waals surface area (Å²) in [6.07, 6.45) is 0.851. The topological polar surface area (TPSA) is 102 Å². The van der Waals surface area contributed by atoms with Gasteiger partial charge in [0.15, 0.2) is 0 Å². The zero-order valence-corrected chi connectivity index (χ0v) is 11.0. The second-order valence-corrected chi connectivity index (χ2v) is 4.84. The minimum absolute atomic E-state index is 0.138. The number of hydrogen-bond acceptors (Lipinski definition) is 5. The quantitative estimate of drug-likeness (QED) is 0.642. The lowest BCUT2D eigenvalue weighted by molar-refractivity contribution is -0.385. The highest BCUT2D eigenvalue weighted by Gasteiger charge is 2.26. The zero-order valence-electron chi connectivity index (χ0n) is 11.0. The maximum Gasteiger partial charge on any atom is 0.282 e. The first-order valence-electron chi connectivity index (χ1n) is 6.35. The molecule has 0 saturated carbocycles. The van der Waals surface area contributed by atoms with Gasteiger partial charge in [0.2, 0.25) is 0 Å². The van der Waals surface area contributed by atoms with Gasteiger partial charge in [0.1, 0.15) is 11.3 Å². The molecule has 2 N–H and O–H groups in total. The highest BCUT2D eigenvalue weighted by atomic mass is 16.6. The number of phenolic OH excluding ortho intramolecular Hbond substituents is 1. The predicted molar refractivity (Wildman–Crippen MR) is 70.6 cm³/mol. The first kappa shape index (κ1) is 14.3. The van der Waals surface area contributed by atoms with Crippen LogP contribution in [-0.4, -0.2) is 35.2 Å². The maximum absolute atomic E-state index is 12.1. The van der Waals surface area contributed by atoms with Crippen molar-refractivity contribution < 1.29 is 19.6 Å². The average molecular weight is 280 g/mol. The number of phenols is 1. The summed E-state index contributed by atoms with van der Waals surface area (Å²) in [5.74, 6) is -0.542. The molecule has 2 atom stereocenters. The molecule has 0 radical (unpaired) electrons. The van der Waals surface area contributed by atoms with Gasteiger partial charge in [-0.05, 0) is 25.5 Å². The van der Waals surface area contributed by atoms with Gasteiger partial charge in [-0.1, -0.05) is 0 Å². The van der Waals surface area contributed by atoms with Crippen molar-refractivity contribution in [3.8, 4) is 5.75 Å². The second-order valence-electron chi connectivity index (χ2n) is 4.84. The molecule has 20 heavy (non-hydrogen) atoms. The molecule has 1 amide bonds. The van der Waals surface area contributed by atoms with Crippen LogP contribution >= 0.6 is 0 Å². The van der Waals surface area contributed by atoms with Gasteiger partial charge in [-0.15, -0.1) is 0 Å². The molecule has 1 fully saturated rings. The smallest absolute Gasteiger partial charge is 0.282 e. The van der Waals surface area contributed by atoms with Crippen LogP contribution in [0, 0.1) is 16.0 Å². The van der Waals surface area contributed by atoms with Crippen LogP contribution in [0.2, 0.25) is 0 Å². The molecule has 1 aromatic rings. The Bertz CT molecular complexity index is 525. The van der Waals surface area contributed by atoms with E-state index in [-0.39, 0.29) is 29.0 Å². The van der Waals surface area contributed by atoms with Crippen molar-refractivity contribution in [2.75, 3.05) is 13.2 Å². The molecule has 7 heteroatoms. The largest absolute Gasteiger partial charge is 0.508 e.